The van der Waals surface area contributed by atoms with E-state index in [1.54, 1.807) is 6.07 Å². The third-order valence-corrected chi connectivity index (χ3v) is 3.59. The maximum Gasteiger partial charge on any atom is 0.115 e. The molecular formula is C14H21NO2. The van der Waals surface area contributed by atoms with Crippen LogP contribution in [0.25, 0.3) is 0 Å². The zero-order chi connectivity index (χ0) is 12.3. The van der Waals surface area contributed by atoms with E-state index in [1.807, 2.05) is 12.1 Å². The average molecular weight is 235 g/mol. The lowest BCUT2D eigenvalue weighted by atomic mass is 9.87. The van der Waals surface area contributed by atoms with Gasteiger partial charge in [-0.1, -0.05) is 13.0 Å². The van der Waals surface area contributed by atoms with Crippen LogP contribution in [-0.4, -0.2) is 22.9 Å². The molecule has 0 aromatic heterocycles. The smallest absolute Gasteiger partial charge is 0.115 e. The van der Waals surface area contributed by atoms with E-state index in [1.165, 1.54) is 11.1 Å². The molecule has 2 atom stereocenters. The summed E-state index contributed by atoms with van der Waals surface area (Å²) in [4.78, 5) is 0. The van der Waals surface area contributed by atoms with Gasteiger partial charge in [-0.05, 0) is 48.9 Å². The van der Waals surface area contributed by atoms with Crippen LogP contribution in [0.3, 0.4) is 0 Å². The van der Waals surface area contributed by atoms with E-state index in [2.05, 4.69) is 12.2 Å². The molecule has 94 valence electrons. The molecule has 1 aromatic rings. The lowest BCUT2D eigenvalue weighted by Crippen LogP contribution is -2.36. The summed E-state index contributed by atoms with van der Waals surface area (Å²) in [6.45, 7) is 2.24. The molecule has 3 N–H and O–H groups in total. The molecule has 0 fully saturated rings. The van der Waals surface area contributed by atoms with Crippen LogP contribution in [0.15, 0.2) is 18.2 Å². The fraction of sp³-hybridized carbons (Fsp3) is 0.571. The Morgan fingerprint density at radius 3 is 3.00 bits per heavy atom. The molecule has 0 heterocycles. The Balaban J connectivity index is 2.18. The normalized spacial score (nSPS) is 20.9. The molecular weight excluding hydrogens is 214 g/mol. The number of hydrogen-bond donors (Lipinski definition) is 3. The molecule has 1 aliphatic carbocycles. The number of fused-ring (bicyclic) bond motifs is 1. The Kier molecular flexibility index (Phi) is 4.02. The van der Waals surface area contributed by atoms with Gasteiger partial charge in [-0.2, -0.15) is 0 Å². The Labute approximate surface area is 102 Å². The molecule has 17 heavy (non-hydrogen) atoms. The first-order valence-corrected chi connectivity index (χ1v) is 6.43. The summed E-state index contributed by atoms with van der Waals surface area (Å²) in [7, 11) is 0. The molecule has 0 aliphatic heterocycles. The third-order valence-electron chi connectivity index (χ3n) is 3.59. The Morgan fingerprint density at radius 1 is 1.47 bits per heavy atom. The van der Waals surface area contributed by atoms with E-state index >= 15 is 0 Å². The minimum atomic E-state index is 0.147. The summed E-state index contributed by atoms with van der Waals surface area (Å²) in [5, 5.41) is 22.3. The van der Waals surface area contributed by atoms with E-state index in [0.717, 1.165) is 25.7 Å². The van der Waals surface area contributed by atoms with E-state index in [4.69, 9.17) is 0 Å². The molecule has 3 heteroatoms. The quantitative estimate of drug-likeness (QED) is 0.749. The van der Waals surface area contributed by atoms with Crippen molar-refractivity contribution in [3.8, 4) is 5.75 Å². The van der Waals surface area contributed by atoms with Crippen molar-refractivity contribution in [2.45, 2.75) is 44.7 Å². The minimum Gasteiger partial charge on any atom is -0.508 e. The average Bonchev–Trinajstić information content (AvgIpc) is 2.36. The summed E-state index contributed by atoms with van der Waals surface area (Å²) in [6, 6.07) is 6.04. The van der Waals surface area contributed by atoms with Crippen LogP contribution < -0.4 is 5.32 Å². The fourth-order valence-electron chi connectivity index (χ4n) is 2.54. The topological polar surface area (TPSA) is 52.5 Å². The zero-order valence-corrected chi connectivity index (χ0v) is 10.3. The molecule has 0 spiro atoms. The van der Waals surface area contributed by atoms with E-state index in [0.29, 0.717) is 5.75 Å². The molecule has 1 aromatic carbocycles. The Morgan fingerprint density at radius 2 is 2.29 bits per heavy atom. The number of hydrogen-bond acceptors (Lipinski definition) is 3. The number of aliphatic hydroxyl groups excluding tert-OH is 1. The van der Waals surface area contributed by atoms with Crippen LogP contribution >= 0.6 is 0 Å². The summed E-state index contributed by atoms with van der Waals surface area (Å²) >= 11 is 0. The summed E-state index contributed by atoms with van der Waals surface area (Å²) in [5.74, 6) is 0.328. The van der Waals surface area contributed by atoms with Crippen LogP contribution in [0.2, 0.25) is 0 Å². The van der Waals surface area contributed by atoms with Gasteiger partial charge in [-0.3, -0.25) is 0 Å². The minimum absolute atomic E-state index is 0.147. The van der Waals surface area contributed by atoms with Crippen molar-refractivity contribution in [1.82, 2.24) is 5.32 Å². The standard InChI is InChI=1S/C14H21NO2/c1-2-11(9-16)15-14-5-3-4-10-6-7-12(17)8-13(10)14/h6-8,11,14-17H,2-5,9H2,1H3/t11-,14?/m1/s1. The van der Waals surface area contributed by atoms with Gasteiger partial charge in [-0.25, -0.2) is 0 Å². The first-order valence-electron chi connectivity index (χ1n) is 6.43. The number of aliphatic hydroxyl groups is 1. The Bertz CT molecular complexity index is 374. The van der Waals surface area contributed by atoms with Gasteiger partial charge in [0, 0.05) is 12.1 Å². The zero-order valence-electron chi connectivity index (χ0n) is 10.3. The highest BCUT2D eigenvalue weighted by molar-refractivity contribution is 5.38. The van der Waals surface area contributed by atoms with Crippen LogP contribution in [0.1, 0.15) is 43.4 Å². The highest BCUT2D eigenvalue weighted by Gasteiger charge is 2.22. The third kappa shape index (κ3) is 2.79. The SMILES string of the molecule is CC[C@H](CO)NC1CCCc2ccc(O)cc21. The first-order chi connectivity index (χ1) is 8.24. The largest absolute Gasteiger partial charge is 0.508 e. The lowest BCUT2D eigenvalue weighted by molar-refractivity contribution is 0.223. The highest BCUT2D eigenvalue weighted by Crippen LogP contribution is 2.32. The van der Waals surface area contributed by atoms with Gasteiger partial charge < -0.3 is 15.5 Å². The van der Waals surface area contributed by atoms with Gasteiger partial charge in [0.05, 0.1) is 6.61 Å². The molecule has 1 aliphatic rings. The van der Waals surface area contributed by atoms with Gasteiger partial charge >= 0.3 is 0 Å². The lowest BCUT2D eigenvalue weighted by Gasteiger charge is -2.29. The van der Waals surface area contributed by atoms with Gasteiger partial charge in [0.25, 0.3) is 0 Å². The van der Waals surface area contributed by atoms with Crippen LogP contribution in [-0.2, 0) is 6.42 Å². The monoisotopic (exact) mass is 235 g/mol. The number of nitrogens with one attached hydrogen (secondary N) is 1. The predicted octanol–water partition coefficient (Wildman–Crippen LogP) is 2.13. The number of aromatic hydroxyl groups is 1. The van der Waals surface area contributed by atoms with Crippen molar-refractivity contribution in [3.63, 3.8) is 0 Å². The van der Waals surface area contributed by atoms with Gasteiger partial charge in [0.2, 0.25) is 0 Å². The van der Waals surface area contributed by atoms with Gasteiger partial charge in [0.1, 0.15) is 5.75 Å². The number of phenols is 1. The van der Waals surface area contributed by atoms with E-state index in [-0.39, 0.29) is 18.7 Å². The van der Waals surface area contributed by atoms with Crippen molar-refractivity contribution in [2.24, 2.45) is 0 Å². The molecule has 2 rings (SSSR count). The van der Waals surface area contributed by atoms with Crippen LogP contribution in [0.5, 0.6) is 5.75 Å². The molecule has 0 amide bonds. The molecule has 3 nitrogen and oxygen atoms in total. The van der Waals surface area contributed by atoms with Gasteiger partial charge in [0.15, 0.2) is 0 Å². The fourth-order valence-corrected chi connectivity index (χ4v) is 2.54. The van der Waals surface area contributed by atoms with Crippen LogP contribution in [0.4, 0.5) is 0 Å². The Hall–Kier alpha value is -1.06. The summed E-state index contributed by atoms with van der Waals surface area (Å²) in [6.07, 6.45) is 4.25. The molecule has 1 unspecified atom stereocenters. The maximum atomic E-state index is 9.58. The highest BCUT2D eigenvalue weighted by atomic mass is 16.3. The number of aryl methyl sites for hydroxylation is 1. The van der Waals surface area contributed by atoms with Crippen molar-refractivity contribution in [2.75, 3.05) is 6.61 Å². The predicted molar refractivity (Wildman–Crippen MR) is 68.1 cm³/mol. The molecule has 0 saturated heterocycles. The van der Waals surface area contributed by atoms with E-state index < -0.39 is 0 Å². The van der Waals surface area contributed by atoms with E-state index in [9.17, 15) is 10.2 Å². The number of benzene rings is 1. The van der Waals surface area contributed by atoms with Crippen molar-refractivity contribution >= 4 is 0 Å². The summed E-state index contributed by atoms with van der Waals surface area (Å²) < 4.78 is 0. The van der Waals surface area contributed by atoms with Crippen molar-refractivity contribution in [1.29, 1.82) is 0 Å². The van der Waals surface area contributed by atoms with Gasteiger partial charge in [-0.15, -0.1) is 0 Å². The molecule has 0 bridgehead atoms. The van der Waals surface area contributed by atoms with Crippen molar-refractivity contribution < 1.29 is 10.2 Å². The molecule has 0 radical (unpaired) electrons. The number of rotatable bonds is 4. The second-order valence-electron chi connectivity index (χ2n) is 4.78. The molecule has 0 saturated carbocycles. The second-order valence-corrected chi connectivity index (χ2v) is 4.78. The van der Waals surface area contributed by atoms with Crippen LogP contribution in [0, 0.1) is 0 Å². The number of phenolic OH excluding ortho intramolecular Hbond substituents is 1. The summed E-state index contributed by atoms with van der Waals surface area (Å²) in [5.41, 5.74) is 2.52. The second kappa shape index (κ2) is 5.52. The van der Waals surface area contributed by atoms with Crippen molar-refractivity contribution in [3.05, 3.63) is 29.3 Å². The maximum absolute atomic E-state index is 9.58. The first kappa shape index (κ1) is 12.4.